The number of amides is 1. The number of carbonyl (C=O) groups excluding carboxylic acids is 1. The Morgan fingerprint density at radius 3 is 2.84 bits per heavy atom. The van der Waals surface area contributed by atoms with Crippen molar-refractivity contribution in [2.75, 3.05) is 12.4 Å². The molecule has 128 valence electrons. The summed E-state index contributed by atoms with van der Waals surface area (Å²) in [6, 6.07) is 13.1. The molecule has 1 unspecified atom stereocenters. The quantitative estimate of drug-likeness (QED) is 0.718. The third-order valence-corrected chi connectivity index (χ3v) is 3.70. The van der Waals surface area contributed by atoms with Gasteiger partial charge in [-0.15, -0.1) is 10.2 Å². The number of aromatic amines is 1. The number of carbonyl (C=O) groups is 1. The molecular formula is C17H16FN5O2. The summed E-state index contributed by atoms with van der Waals surface area (Å²) >= 11 is 0. The van der Waals surface area contributed by atoms with E-state index in [1.165, 1.54) is 18.2 Å². The van der Waals surface area contributed by atoms with Gasteiger partial charge in [0.15, 0.2) is 5.82 Å². The van der Waals surface area contributed by atoms with Crippen LogP contribution < -0.4 is 10.1 Å². The number of para-hydroxylation sites is 1. The largest absolute Gasteiger partial charge is 0.496 e. The van der Waals surface area contributed by atoms with Crippen LogP contribution in [0.4, 0.5) is 10.1 Å². The molecule has 0 bridgehead atoms. The zero-order valence-electron chi connectivity index (χ0n) is 13.4. The minimum Gasteiger partial charge on any atom is -0.496 e. The van der Waals surface area contributed by atoms with E-state index in [0.29, 0.717) is 17.9 Å². The molecule has 0 radical (unpaired) electrons. The van der Waals surface area contributed by atoms with Crippen LogP contribution in [-0.2, 0) is 11.2 Å². The predicted octanol–water partition coefficient (Wildman–Crippen LogP) is 2.31. The topological polar surface area (TPSA) is 92.8 Å². The van der Waals surface area contributed by atoms with Crippen molar-refractivity contribution in [3.05, 3.63) is 65.7 Å². The Morgan fingerprint density at radius 2 is 2.12 bits per heavy atom. The lowest BCUT2D eigenvalue weighted by Crippen LogP contribution is -2.24. The average molecular weight is 341 g/mol. The highest BCUT2D eigenvalue weighted by Crippen LogP contribution is 2.26. The zero-order chi connectivity index (χ0) is 17.6. The molecule has 1 amide bonds. The van der Waals surface area contributed by atoms with E-state index in [4.69, 9.17) is 4.74 Å². The van der Waals surface area contributed by atoms with Gasteiger partial charge in [-0.3, -0.25) is 4.79 Å². The predicted molar refractivity (Wildman–Crippen MR) is 88.6 cm³/mol. The first-order valence-corrected chi connectivity index (χ1v) is 7.59. The number of anilines is 1. The van der Waals surface area contributed by atoms with Crippen LogP contribution in [0, 0.1) is 5.82 Å². The van der Waals surface area contributed by atoms with Crippen LogP contribution in [0.5, 0.6) is 5.75 Å². The van der Waals surface area contributed by atoms with Gasteiger partial charge in [0.2, 0.25) is 5.91 Å². The Kier molecular flexibility index (Phi) is 4.98. The smallest absolute Gasteiger partial charge is 0.235 e. The number of hydrogen-bond donors (Lipinski definition) is 2. The van der Waals surface area contributed by atoms with Crippen LogP contribution in [0.25, 0.3) is 0 Å². The van der Waals surface area contributed by atoms with Crippen molar-refractivity contribution in [1.82, 2.24) is 20.6 Å². The summed E-state index contributed by atoms with van der Waals surface area (Å²) in [6.45, 7) is 0. The van der Waals surface area contributed by atoms with Crippen molar-refractivity contribution >= 4 is 11.6 Å². The number of benzene rings is 2. The molecule has 2 aromatic carbocycles. The van der Waals surface area contributed by atoms with E-state index in [1.807, 2.05) is 24.3 Å². The minimum absolute atomic E-state index is 0.250. The number of aromatic nitrogens is 4. The number of hydrogen-bond acceptors (Lipinski definition) is 5. The third kappa shape index (κ3) is 3.97. The van der Waals surface area contributed by atoms with E-state index in [9.17, 15) is 9.18 Å². The Labute approximate surface area is 143 Å². The summed E-state index contributed by atoms with van der Waals surface area (Å²) in [6.07, 6.45) is 0.310. The lowest BCUT2D eigenvalue weighted by molar-refractivity contribution is -0.117. The molecule has 0 spiro atoms. The fourth-order valence-electron chi connectivity index (χ4n) is 2.51. The van der Waals surface area contributed by atoms with Crippen molar-refractivity contribution in [2.45, 2.75) is 12.3 Å². The van der Waals surface area contributed by atoms with Crippen LogP contribution >= 0.6 is 0 Å². The molecule has 0 aliphatic rings. The molecule has 0 saturated heterocycles. The SMILES string of the molecule is COc1ccccc1CC(C(=O)Nc1cccc(F)c1)c1nn[nH]n1. The van der Waals surface area contributed by atoms with E-state index >= 15 is 0 Å². The minimum atomic E-state index is -0.710. The molecule has 1 atom stereocenters. The third-order valence-electron chi connectivity index (χ3n) is 3.70. The van der Waals surface area contributed by atoms with Gasteiger partial charge in [-0.25, -0.2) is 4.39 Å². The molecule has 2 N–H and O–H groups in total. The molecule has 25 heavy (non-hydrogen) atoms. The number of H-pyrrole nitrogens is 1. The molecule has 8 heteroatoms. The van der Waals surface area contributed by atoms with Crippen molar-refractivity contribution in [3.63, 3.8) is 0 Å². The molecule has 0 fully saturated rings. The molecule has 7 nitrogen and oxygen atoms in total. The zero-order valence-corrected chi connectivity index (χ0v) is 13.4. The first-order chi connectivity index (χ1) is 12.2. The Bertz CT molecular complexity index is 854. The lowest BCUT2D eigenvalue weighted by Gasteiger charge is -2.15. The standard InChI is InChI=1S/C17H16FN5O2/c1-25-15-8-3-2-5-11(15)9-14(16-20-22-23-21-16)17(24)19-13-7-4-6-12(18)10-13/h2-8,10,14H,9H2,1H3,(H,19,24)(H,20,21,22,23). The molecule has 0 saturated carbocycles. The molecule has 0 aliphatic heterocycles. The summed E-state index contributed by atoms with van der Waals surface area (Å²) < 4.78 is 18.7. The highest BCUT2D eigenvalue weighted by atomic mass is 19.1. The highest BCUT2D eigenvalue weighted by molar-refractivity contribution is 5.95. The van der Waals surface area contributed by atoms with Gasteiger partial charge >= 0.3 is 0 Å². The number of halogens is 1. The van der Waals surface area contributed by atoms with E-state index < -0.39 is 11.7 Å². The number of ether oxygens (including phenoxy) is 1. The van der Waals surface area contributed by atoms with E-state index in [2.05, 4.69) is 25.9 Å². The first kappa shape index (κ1) is 16.6. The fourth-order valence-corrected chi connectivity index (χ4v) is 2.51. The van der Waals surface area contributed by atoms with Crippen LogP contribution in [0.15, 0.2) is 48.5 Å². The second kappa shape index (κ2) is 7.52. The normalized spacial score (nSPS) is 11.8. The fraction of sp³-hybridized carbons (Fsp3) is 0.176. The molecule has 3 aromatic rings. The van der Waals surface area contributed by atoms with Gasteiger partial charge in [0, 0.05) is 5.69 Å². The second-order valence-electron chi connectivity index (χ2n) is 5.34. The lowest BCUT2D eigenvalue weighted by atomic mass is 9.97. The van der Waals surface area contributed by atoms with E-state index in [1.54, 1.807) is 13.2 Å². The number of nitrogens with zero attached hydrogens (tertiary/aromatic N) is 3. The summed E-state index contributed by atoms with van der Waals surface area (Å²) in [4.78, 5) is 12.7. The van der Waals surface area contributed by atoms with Gasteiger partial charge in [-0.1, -0.05) is 29.5 Å². The summed E-state index contributed by atoms with van der Waals surface area (Å²) in [7, 11) is 1.56. The van der Waals surface area contributed by atoms with Gasteiger partial charge in [-0.05, 0) is 36.2 Å². The number of nitrogens with one attached hydrogen (secondary N) is 2. The molecule has 0 aliphatic carbocycles. The number of tetrazole rings is 1. The van der Waals surface area contributed by atoms with Crippen LogP contribution in [-0.4, -0.2) is 33.6 Å². The van der Waals surface area contributed by atoms with Gasteiger partial charge < -0.3 is 10.1 Å². The van der Waals surface area contributed by atoms with Crippen LogP contribution in [0.3, 0.4) is 0 Å². The maximum Gasteiger partial charge on any atom is 0.235 e. The van der Waals surface area contributed by atoms with Gasteiger partial charge in [0.25, 0.3) is 0 Å². The molecule has 1 heterocycles. The Balaban J connectivity index is 1.86. The first-order valence-electron chi connectivity index (χ1n) is 7.59. The van der Waals surface area contributed by atoms with Crippen molar-refractivity contribution in [3.8, 4) is 5.75 Å². The maximum absolute atomic E-state index is 13.3. The summed E-state index contributed by atoms with van der Waals surface area (Å²) in [5.74, 6) is -0.593. The summed E-state index contributed by atoms with van der Waals surface area (Å²) in [5.41, 5.74) is 1.19. The van der Waals surface area contributed by atoms with Crippen LogP contribution in [0.1, 0.15) is 17.3 Å². The number of rotatable bonds is 6. The maximum atomic E-state index is 13.3. The van der Waals surface area contributed by atoms with Gasteiger partial charge in [0.1, 0.15) is 17.5 Å². The van der Waals surface area contributed by atoms with E-state index in [0.717, 1.165) is 5.56 Å². The number of methoxy groups -OCH3 is 1. The monoisotopic (exact) mass is 341 g/mol. The highest BCUT2D eigenvalue weighted by Gasteiger charge is 2.26. The Morgan fingerprint density at radius 1 is 1.28 bits per heavy atom. The molecule has 3 rings (SSSR count). The second-order valence-corrected chi connectivity index (χ2v) is 5.34. The van der Waals surface area contributed by atoms with Crippen molar-refractivity contribution < 1.29 is 13.9 Å². The average Bonchev–Trinajstić information content (AvgIpc) is 3.14. The molecular weight excluding hydrogens is 325 g/mol. The Hall–Kier alpha value is -3.29. The molecule has 1 aromatic heterocycles. The van der Waals surface area contributed by atoms with Crippen molar-refractivity contribution in [1.29, 1.82) is 0 Å². The van der Waals surface area contributed by atoms with E-state index in [-0.39, 0.29) is 11.7 Å². The van der Waals surface area contributed by atoms with Gasteiger partial charge in [0.05, 0.1) is 7.11 Å². The van der Waals surface area contributed by atoms with Crippen molar-refractivity contribution in [2.24, 2.45) is 0 Å². The van der Waals surface area contributed by atoms with Crippen LogP contribution in [0.2, 0.25) is 0 Å². The summed E-state index contributed by atoms with van der Waals surface area (Å²) in [5, 5.41) is 16.4. The van der Waals surface area contributed by atoms with Gasteiger partial charge in [-0.2, -0.15) is 5.21 Å².